The highest BCUT2D eigenvalue weighted by atomic mass is 35.5. The molecule has 2 fully saturated rings. The Kier molecular flexibility index (Phi) is 4.18. The summed E-state index contributed by atoms with van der Waals surface area (Å²) in [5.74, 6) is -0.479. The molecule has 0 radical (unpaired) electrons. The molecule has 0 unspecified atom stereocenters. The number of halogens is 2. The summed E-state index contributed by atoms with van der Waals surface area (Å²) in [6, 6.07) is 4.70. The van der Waals surface area contributed by atoms with Crippen molar-refractivity contribution in [1.82, 2.24) is 9.80 Å². The molecule has 3 rings (SSSR count). The van der Waals surface area contributed by atoms with E-state index in [-0.39, 0.29) is 17.0 Å². The van der Waals surface area contributed by atoms with Crippen molar-refractivity contribution in [2.24, 2.45) is 0 Å². The van der Waals surface area contributed by atoms with Crippen LogP contribution in [0.25, 0.3) is 0 Å². The second-order valence-electron chi connectivity index (χ2n) is 6.02. The van der Waals surface area contributed by atoms with E-state index in [0.29, 0.717) is 11.6 Å². The van der Waals surface area contributed by atoms with Crippen LogP contribution in [-0.2, 0) is 0 Å². The van der Waals surface area contributed by atoms with Crippen LogP contribution in [0.15, 0.2) is 18.2 Å². The van der Waals surface area contributed by atoms with Gasteiger partial charge in [0.2, 0.25) is 0 Å². The minimum absolute atomic E-state index is 0.0669. The van der Waals surface area contributed by atoms with E-state index in [0.717, 1.165) is 32.4 Å². The number of rotatable bonds is 2. The van der Waals surface area contributed by atoms with Crippen LogP contribution in [0.4, 0.5) is 4.39 Å². The Morgan fingerprint density at radius 3 is 2.62 bits per heavy atom. The molecule has 0 N–H and O–H groups in total. The number of carbonyl (C=O) groups is 1. The minimum atomic E-state index is -0.412. The lowest BCUT2D eigenvalue weighted by Crippen LogP contribution is -2.47. The maximum absolute atomic E-state index is 13.1. The number of benzene rings is 1. The summed E-state index contributed by atoms with van der Waals surface area (Å²) in [4.78, 5) is 17.0. The zero-order chi connectivity index (χ0) is 15.0. The largest absolute Gasteiger partial charge is 0.334 e. The van der Waals surface area contributed by atoms with Gasteiger partial charge >= 0.3 is 0 Å². The third-order valence-electron chi connectivity index (χ3n) is 4.74. The smallest absolute Gasteiger partial charge is 0.255 e. The zero-order valence-electron chi connectivity index (χ0n) is 12.2. The molecule has 0 aliphatic carbocycles. The third kappa shape index (κ3) is 2.79. The highest BCUT2D eigenvalue weighted by Crippen LogP contribution is 2.31. The number of hydrogen-bond acceptors (Lipinski definition) is 2. The Morgan fingerprint density at radius 2 is 1.95 bits per heavy atom. The monoisotopic (exact) mass is 310 g/mol. The first-order valence-corrected chi connectivity index (χ1v) is 7.92. The molecule has 0 saturated carbocycles. The highest BCUT2D eigenvalue weighted by molar-refractivity contribution is 6.33. The molecule has 2 atom stereocenters. The lowest BCUT2D eigenvalue weighted by Gasteiger charge is -2.33. The molecule has 1 aromatic rings. The first-order chi connectivity index (χ1) is 10.1. The first kappa shape index (κ1) is 14.8. The van der Waals surface area contributed by atoms with Gasteiger partial charge in [0, 0.05) is 18.6 Å². The van der Waals surface area contributed by atoms with E-state index in [2.05, 4.69) is 11.9 Å². The molecule has 2 saturated heterocycles. The zero-order valence-corrected chi connectivity index (χ0v) is 12.9. The lowest BCUT2D eigenvalue weighted by atomic mass is 10.0. The summed E-state index contributed by atoms with van der Waals surface area (Å²) in [5, 5.41) is 0.199. The van der Waals surface area contributed by atoms with E-state index in [1.54, 1.807) is 0 Å². The first-order valence-electron chi connectivity index (χ1n) is 7.54. The van der Waals surface area contributed by atoms with Gasteiger partial charge in [-0.05, 0) is 57.5 Å². The van der Waals surface area contributed by atoms with Crippen LogP contribution in [0.1, 0.15) is 36.0 Å². The topological polar surface area (TPSA) is 23.6 Å². The SMILES string of the molecule is CN1CCC[C@@H]1[C@@H]1CCCN1C(=O)c1ccc(F)cc1Cl. The van der Waals surface area contributed by atoms with Crippen LogP contribution in [0.5, 0.6) is 0 Å². The van der Waals surface area contributed by atoms with Crippen molar-refractivity contribution in [3.63, 3.8) is 0 Å². The second-order valence-corrected chi connectivity index (χ2v) is 6.43. The molecule has 2 aliphatic rings. The summed E-state index contributed by atoms with van der Waals surface area (Å²) in [6.07, 6.45) is 4.40. The van der Waals surface area contributed by atoms with Gasteiger partial charge in [-0.1, -0.05) is 11.6 Å². The standard InChI is InChI=1S/C16H20ClFN2O/c1-19-8-2-4-14(19)15-5-3-9-20(15)16(21)12-7-6-11(18)10-13(12)17/h6-7,10,14-15H,2-5,8-9H2,1H3/t14-,15+/m1/s1. The lowest BCUT2D eigenvalue weighted by molar-refractivity contribution is 0.0664. The number of nitrogens with zero attached hydrogens (tertiary/aromatic N) is 2. The van der Waals surface area contributed by atoms with Gasteiger partial charge in [0.05, 0.1) is 10.6 Å². The van der Waals surface area contributed by atoms with Gasteiger partial charge in [0.25, 0.3) is 5.91 Å². The second kappa shape index (κ2) is 5.93. The van der Waals surface area contributed by atoms with Crippen molar-refractivity contribution in [2.45, 2.75) is 37.8 Å². The summed E-state index contributed by atoms with van der Waals surface area (Å²) in [5.41, 5.74) is 0.408. The van der Waals surface area contributed by atoms with Crippen molar-refractivity contribution in [2.75, 3.05) is 20.1 Å². The van der Waals surface area contributed by atoms with Gasteiger partial charge in [-0.15, -0.1) is 0 Å². The maximum atomic E-state index is 13.1. The minimum Gasteiger partial charge on any atom is -0.334 e. The molecule has 2 aliphatic heterocycles. The number of likely N-dealkylation sites (N-methyl/N-ethyl adjacent to an activating group) is 1. The van der Waals surface area contributed by atoms with Crippen molar-refractivity contribution in [3.8, 4) is 0 Å². The van der Waals surface area contributed by atoms with Crippen molar-refractivity contribution in [1.29, 1.82) is 0 Å². The molecule has 2 heterocycles. The fraction of sp³-hybridized carbons (Fsp3) is 0.562. The Labute approximate surface area is 129 Å². The van der Waals surface area contributed by atoms with E-state index in [1.807, 2.05) is 4.90 Å². The van der Waals surface area contributed by atoms with Gasteiger partial charge in [0.15, 0.2) is 0 Å². The van der Waals surface area contributed by atoms with Crippen LogP contribution in [0, 0.1) is 5.82 Å². The fourth-order valence-corrected chi connectivity index (χ4v) is 3.93. The van der Waals surface area contributed by atoms with E-state index < -0.39 is 5.82 Å². The molecule has 0 bridgehead atoms. The van der Waals surface area contributed by atoms with Gasteiger partial charge in [-0.2, -0.15) is 0 Å². The van der Waals surface area contributed by atoms with E-state index >= 15 is 0 Å². The quantitative estimate of drug-likeness (QED) is 0.837. The normalized spacial score (nSPS) is 26.5. The van der Waals surface area contributed by atoms with Gasteiger partial charge < -0.3 is 9.80 Å². The molecule has 114 valence electrons. The van der Waals surface area contributed by atoms with E-state index in [4.69, 9.17) is 11.6 Å². The third-order valence-corrected chi connectivity index (χ3v) is 5.06. The van der Waals surface area contributed by atoms with Crippen molar-refractivity contribution in [3.05, 3.63) is 34.6 Å². The fourth-order valence-electron chi connectivity index (χ4n) is 3.68. The van der Waals surface area contributed by atoms with Crippen LogP contribution in [-0.4, -0.2) is 47.9 Å². The highest BCUT2D eigenvalue weighted by Gasteiger charge is 2.38. The predicted octanol–water partition coefficient (Wildman–Crippen LogP) is 3.18. The number of carbonyl (C=O) groups excluding carboxylic acids is 1. The predicted molar refractivity (Wildman–Crippen MR) is 81.1 cm³/mol. The summed E-state index contributed by atoms with van der Waals surface area (Å²) in [6.45, 7) is 1.86. The number of amides is 1. The molecule has 1 amide bonds. The molecular formula is C16H20ClFN2O. The van der Waals surface area contributed by atoms with Gasteiger partial charge in [-0.25, -0.2) is 4.39 Å². The maximum Gasteiger partial charge on any atom is 0.255 e. The summed E-state index contributed by atoms with van der Waals surface area (Å²) < 4.78 is 13.1. The average Bonchev–Trinajstić information content (AvgIpc) is 3.06. The molecule has 1 aromatic carbocycles. The average molecular weight is 311 g/mol. The van der Waals surface area contributed by atoms with Crippen LogP contribution in [0.2, 0.25) is 5.02 Å². The summed E-state index contributed by atoms with van der Waals surface area (Å²) >= 11 is 6.04. The molecule has 0 spiro atoms. The molecule has 3 nitrogen and oxygen atoms in total. The number of hydrogen-bond donors (Lipinski definition) is 0. The van der Waals surface area contributed by atoms with Crippen LogP contribution < -0.4 is 0 Å². The van der Waals surface area contributed by atoms with Crippen molar-refractivity contribution < 1.29 is 9.18 Å². The Hall–Kier alpha value is -1.13. The molecule has 0 aromatic heterocycles. The van der Waals surface area contributed by atoms with E-state index in [9.17, 15) is 9.18 Å². The Morgan fingerprint density at radius 1 is 1.24 bits per heavy atom. The van der Waals surface area contributed by atoms with Crippen molar-refractivity contribution >= 4 is 17.5 Å². The molecule has 5 heteroatoms. The van der Waals surface area contributed by atoms with Crippen LogP contribution in [0.3, 0.4) is 0 Å². The Bertz CT molecular complexity index is 551. The van der Waals surface area contributed by atoms with E-state index in [1.165, 1.54) is 24.6 Å². The molecular weight excluding hydrogens is 291 g/mol. The van der Waals surface area contributed by atoms with Gasteiger partial charge in [-0.3, -0.25) is 4.79 Å². The molecule has 21 heavy (non-hydrogen) atoms. The Balaban J connectivity index is 1.82. The number of likely N-dealkylation sites (tertiary alicyclic amines) is 2. The van der Waals surface area contributed by atoms with Crippen LogP contribution >= 0.6 is 11.6 Å². The summed E-state index contributed by atoms with van der Waals surface area (Å²) in [7, 11) is 2.13. The van der Waals surface area contributed by atoms with Gasteiger partial charge in [0.1, 0.15) is 5.82 Å².